The molecule has 0 aliphatic rings. The molecule has 2 nitrogen and oxygen atoms in total. The van der Waals surface area contributed by atoms with Crippen LogP contribution in [0.4, 0.5) is 8.78 Å². The molecule has 7 heteroatoms. The molecular formula is C15H14ClF2O2PS. The maximum atomic E-state index is 13.6. The summed E-state index contributed by atoms with van der Waals surface area (Å²) in [5, 5.41) is -3.73. The van der Waals surface area contributed by atoms with Crippen molar-refractivity contribution in [2.24, 2.45) is 0 Å². The van der Waals surface area contributed by atoms with Crippen molar-refractivity contribution in [1.82, 2.24) is 0 Å². The molecule has 0 fully saturated rings. The molecular weight excluding hydrogens is 349 g/mol. The molecule has 0 N–H and O–H groups in total. The van der Waals surface area contributed by atoms with Crippen LogP contribution in [0.3, 0.4) is 0 Å². The second-order valence-electron chi connectivity index (χ2n) is 4.48. The van der Waals surface area contributed by atoms with Crippen LogP contribution in [-0.2, 0) is 34.1 Å². The molecule has 0 spiro atoms. The highest BCUT2D eigenvalue weighted by atomic mass is 35.5. The Morgan fingerprint density at radius 2 is 1.23 bits per heavy atom. The molecule has 0 radical (unpaired) electrons. The van der Waals surface area contributed by atoms with E-state index in [-0.39, 0.29) is 13.2 Å². The van der Waals surface area contributed by atoms with Crippen molar-refractivity contribution in [3.8, 4) is 0 Å². The lowest BCUT2D eigenvalue weighted by molar-refractivity contribution is 0.123. The summed E-state index contributed by atoms with van der Waals surface area (Å²) in [4.78, 5) is 0. The fraction of sp³-hybridized carbons (Fsp3) is 0.200. The molecule has 2 aromatic carbocycles. The minimum Gasteiger partial charge on any atom is -0.319 e. The van der Waals surface area contributed by atoms with Gasteiger partial charge in [-0.2, -0.15) is 8.78 Å². The van der Waals surface area contributed by atoms with E-state index in [1.807, 2.05) is 12.1 Å². The molecule has 22 heavy (non-hydrogen) atoms. The van der Waals surface area contributed by atoms with Crippen LogP contribution in [0.25, 0.3) is 0 Å². The summed E-state index contributed by atoms with van der Waals surface area (Å²) in [6, 6.07) is 17.8. The van der Waals surface area contributed by atoms with E-state index in [9.17, 15) is 8.78 Å². The Morgan fingerprint density at radius 3 is 1.55 bits per heavy atom. The van der Waals surface area contributed by atoms with E-state index in [1.165, 1.54) is 0 Å². The van der Waals surface area contributed by atoms with Crippen molar-refractivity contribution in [3.05, 3.63) is 71.8 Å². The van der Waals surface area contributed by atoms with Gasteiger partial charge in [0.1, 0.15) is 0 Å². The molecule has 0 saturated heterocycles. The van der Waals surface area contributed by atoms with Gasteiger partial charge in [-0.1, -0.05) is 60.7 Å². The molecule has 0 bridgehead atoms. The Labute approximate surface area is 138 Å². The first-order valence-electron chi connectivity index (χ1n) is 6.44. The van der Waals surface area contributed by atoms with Crippen molar-refractivity contribution < 1.29 is 17.8 Å². The maximum absolute atomic E-state index is 13.6. The summed E-state index contributed by atoms with van der Waals surface area (Å²) in [5.74, 6) is 0. The van der Waals surface area contributed by atoms with E-state index < -0.39 is 11.6 Å². The first-order valence-corrected chi connectivity index (χ1v) is 9.46. The number of rotatable bonds is 7. The minimum atomic E-state index is -3.97. The van der Waals surface area contributed by atoms with Crippen molar-refractivity contribution in [2.75, 3.05) is 0 Å². The zero-order chi connectivity index (χ0) is 16.1. The van der Waals surface area contributed by atoms with Crippen molar-refractivity contribution in [2.45, 2.75) is 18.3 Å². The molecule has 2 aromatic rings. The van der Waals surface area contributed by atoms with Crippen molar-refractivity contribution >= 4 is 29.9 Å². The Balaban J connectivity index is 2.06. The molecule has 0 heterocycles. The molecule has 2 rings (SSSR count). The van der Waals surface area contributed by atoms with Crippen LogP contribution < -0.4 is 0 Å². The predicted octanol–water partition coefficient (Wildman–Crippen LogP) is 5.52. The summed E-state index contributed by atoms with van der Waals surface area (Å²) in [5.41, 5.74) is 1.45. The Bertz CT molecular complexity index is 587. The van der Waals surface area contributed by atoms with Gasteiger partial charge in [0.2, 0.25) is 0 Å². The molecule has 0 amide bonds. The Kier molecular flexibility index (Phi) is 6.07. The highest BCUT2D eigenvalue weighted by Crippen LogP contribution is 2.65. The second kappa shape index (κ2) is 7.62. The lowest BCUT2D eigenvalue weighted by atomic mass is 10.2. The minimum absolute atomic E-state index is 0.0742. The lowest BCUT2D eigenvalue weighted by Crippen LogP contribution is -2.12. The van der Waals surface area contributed by atoms with Crippen LogP contribution >= 0.6 is 18.1 Å². The van der Waals surface area contributed by atoms with Gasteiger partial charge in [-0.25, -0.2) is 0 Å². The van der Waals surface area contributed by atoms with E-state index in [0.717, 1.165) is 11.1 Å². The molecule has 0 atom stereocenters. The molecule has 0 aliphatic heterocycles. The molecule has 0 saturated carbocycles. The third-order valence-corrected chi connectivity index (χ3v) is 6.65. The zero-order valence-corrected chi connectivity index (χ0v) is 14.0. The summed E-state index contributed by atoms with van der Waals surface area (Å²) in [6.45, 7) is -4.12. The average molecular weight is 363 g/mol. The predicted molar refractivity (Wildman–Crippen MR) is 87.5 cm³/mol. The van der Waals surface area contributed by atoms with Crippen molar-refractivity contribution in [3.63, 3.8) is 0 Å². The molecule has 0 aliphatic carbocycles. The van der Waals surface area contributed by atoms with Crippen molar-refractivity contribution in [1.29, 1.82) is 0 Å². The first-order chi connectivity index (χ1) is 10.4. The van der Waals surface area contributed by atoms with Crippen LogP contribution in [-0.4, -0.2) is 5.12 Å². The summed E-state index contributed by atoms with van der Waals surface area (Å²) in [7, 11) is 0. The number of hydrogen-bond donors (Lipinski definition) is 0. The first kappa shape index (κ1) is 17.5. The van der Waals surface area contributed by atoms with Crippen LogP contribution in [0.15, 0.2) is 60.7 Å². The van der Waals surface area contributed by atoms with Crippen LogP contribution in [0.5, 0.6) is 0 Å². The monoisotopic (exact) mass is 362 g/mol. The van der Waals surface area contributed by atoms with Crippen LogP contribution in [0.2, 0.25) is 0 Å². The van der Waals surface area contributed by atoms with E-state index >= 15 is 0 Å². The highest BCUT2D eigenvalue weighted by molar-refractivity contribution is 8.11. The number of halogens is 3. The average Bonchev–Trinajstić information content (AvgIpc) is 2.52. The lowest BCUT2D eigenvalue weighted by Gasteiger charge is -2.25. The highest BCUT2D eigenvalue weighted by Gasteiger charge is 2.47. The standard InChI is InChI=1S/C15H14ClF2O2PS/c16-15(17,18)21(22,19-11-13-7-3-1-4-8-13)20-12-14-9-5-2-6-10-14/h1-10H,11-12H2. The largest absolute Gasteiger partial charge is 0.394 e. The van der Waals surface area contributed by atoms with Gasteiger partial charge in [-0.05, 0) is 34.5 Å². The molecule has 0 unspecified atom stereocenters. The number of alkyl halides is 3. The number of benzene rings is 2. The van der Waals surface area contributed by atoms with Gasteiger partial charge in [0.15, 0.2) is 0 Å². The van der Waals surface area contributed by atoms with Gasteiger partial charge in [0, 0.05) is 0 Å². The van der Waals surface area contributed by atoms with E-state index in [2.05, 4.69) is 0 Å². The van der Waals surface area contributed by atoms with Gasteiger partial charge in [0.25, 0.3) is 6.49 Å². The second-order valence-corrected chi connectivity index (χ2v) is 8.74. The molecule has 0 aromatic heterocycles. The van der Waals surface area contributed by atoms with Crippen LogP contribution in [0, 0.1) is 0 Å². The fourth-order valence-electron chi connectivity index (χ4n) is 1.65. The van der Waals surface area contributed by atoms with Gasteiger partial charge in [-0.3, -0.25) is 0 Å². The van der Waals surface area contributed by atoms with E-state index in [0.29, 0.717) is 0 Å². The topological polar surface area (TPSA) is 18.5 Å². The quantitative estimate of drug-likeness (QED) is 0.477. The van der Waals surface area contributed by atoms with Gasteiger partial charge >= 0.3 is 5.12 Å². The van der Waals surface area contributed by atoms with E-state index in [4.69, 9.17) is 32.5 Å². The SMILES string of the molecule is FC(F)(Cl)P(=S)(OCc1ccccc1)OCc1ccccc1. The third kappa shape index (κ3) is 4.83. The summed E-state index contributed by atoms with van der Waals surface area (Å²) in [6.07, 6.45) is 0. The van der Waals surface area contributed by atoms with Crippen LogP contribution in [0.1, 0.15) is 11.1 Å². The zero-order valence-electron chi connectivity index (χ0n) is 11.5. The Hall–Kier alpha value is -0.840. The third-order valence-electron chi connectivity index (χ3n) is 2.80. The maximum Gasteiger partial charge on any atom is 0.394 e. The van der Waals surface area contributed by atoms with E-state index in [1.54, 1.807) is 48.5 Å². The van der Waals surface area contributed by atoms with Gasteiger partial charge < -0.3 is 9.05 Å². The van der Waals surface area contributed by atoms with Gasteiger partial charge in [-0.15, -0.1) is 0 Å². The number of hydrogen-bond acceptors (Lipinski definition) is 3. The Morgan fingerprint density at radius 1 is 0.864 bits per heavy atom. The fourth-order valence-corrected chi connectivity index (χ4v) is 3.27. The summed E-state index contributed by atoms with van der Waals surface area (Å²) < 4.78 is 37.7. The smallest absolute Gasteiger partial charge is 0.319 e. The normalized spacial score (nSPS) is 12.3. The summed E-state index contributed by atoms with van der Waals surface area (Å²) >= 11 is 10.1. The molecule has 118 valence electrons. The van der Waals surface area contributed by atoms with Gasteiger partial charge in [0.05, 0.1) is 13.2 Å².